The summed E-state index contributed by atoms with van der Waals surface area (Å²) in [5.74, 6) is 0. The molecule has 0 spiro atoms. The van der Waals surface area contributed by atoms with Gasteiger partial charge < -0.3 is 5.32 Å². The number of benzene rings is 1. The van der Waals surface area contributed by atoms with Gasteiger partial charge in [0.25, 0.3) is 0 Å². The van der Waals surface area contributed by atoms with Gasteiger partial charge >= 0.3 is 0 Å². The number of thiazole rings is 1. The Labute approximate surface area is 100 Å². The average molecular weight is 232 g/mol. The van der Waals surface area contributed by atoms with Crippen LogP contribution >= 0.6 is 11.3 Å². The minimum absolute atomic E-state index is 0.214. The minimum Gasteiger partial charge on any atom is -0.307 e. The zero-order valence-electron chi connectivity index (χ0n) is 9.60. The largest absolute Gasteiger partial charge is 0.307 e. The molecular formula is C13H16N2S. The third kappa shape index (κ3) is 2.31. The molecule has 16 heavy (non-hydrogen) atoms. The van der Waals surface area contributed by atoms with Crippen molar-refractivity contribution in [1.29, 1.82) is 0 Å². The molecule has 0 aliphatic carbocycles. The number of nitrogens with zero attached hydrogens (tertiary/aromatic N) is 1. The van der Waals surface area contributed by atoms with Crippen LogP contribution in [0.25, 0.3) is 0 Å². The molecule has 0 aliphatic heterocycles. The Morgan fingerprint density at radius 3 is 2.56 bits per heavy atom. The van der Waals surface area contributed by atoms with Gasteiger partial charge in [-0.25, -0.2) is 4.98 Å². The Bertz CT molecular complexity index is 420. The van der Waals surface area contributed by atoms with Gasteiger partial charge in [0.1, 0.15) is 5.01 Å². The summed E-state index contributed by atoms with van der Waals surface area (Å²) in [5.41, 5.74) is 2.65. The fraction of sp³-hybridized carbons (Fsp3) is 0.308. The molecule has 2 rings (SSSR count). The van der Waals surface area contributed by atoms with Gasteiger partial charge in [-0.05, 0) is 24.6 Å². The lowest BCUT2D eigenvalue weighted by molar-refractivity contribution is 0.686. The first-order valence-electron chi connectivity index (χ1n) is 5.50. The smallest absolute Gasteiger partial charge is 0.114 e. The zero-order valence-corrected chi connectivity index (χ0v) is 10.4. The predicted molar refractivity (Wildman–Crippen MR) is 68.8 cm³/mol. The van der Waals surface area contributed by atoms with Gasteiger partial charge in [-0.3, -0.25) is 0 Å². The molecule has 2 nitrogen and oxygen atoms in total. The van der Waals surface area contributed by atoms with Gasteiger partial charge in [0.05, 0.1) is 6.04 Å². The highest BCUT2D eigenvalue weighted by molar-refractivity contribution is 7.09. The molecule has 0 saturated heterocycles. The first-order valence-corrected chi connectivity index (χ1v) is 6.38. The lowest BCUT2D eigenvalue weighted by Gasteiger charge is -2.14. The van der Waals surface area contributed by atoms with E-state index < -0.39 is 0 Å². The fourth-order valence-corrected chi connectivity index (χ4v) is 2.53. The molecule has 0 saturated carbocycles. The summed E-state index contributed by atoms with van der Waals surface area (Å²) in [6.07, 6.45) is 2.94. The number of nitrogens with one attached hydrogen (secondary N) is 1. The highest BCUT2D eigenvalue weighted by atomic mass is 32.1. The molecule has 1 aromatic heterocycles. The van der Waals surface area contributed by atoms with Gasteiger partial charge in [-0.1, -0.05) is 31.2 Å². The average Bonchev–Trinajstić information content (AvgIpc) is 2.85. The van der Waals surface area contributed by atoms with Gasteiger partial charge in [0.15, 0.2) is 0 Å². The summed E-state index contributed by atoms with van der Waals surface area (Å²) in [5, 5.41) is 6.44. The van der Waals surface area contributed by atoms with E-state index >= 15 is 0 Å². The van der Waals surface area contributed by atoms with E-state index in [9.17, 15) is 0 Å². The Kier molecular flexibility index (Phi) is 3.70. The van der Waals surface area contributed by atoms with E-state index in [-0.39, 0.29) is 6.04 Å². The van der Waals surface area contributed by atoms with E-state index in [4.69, 9.17) is 0 Å². The summed E-state index contributed by atoms with van der Waals surface area (Å²) in [7, 11) is 1.97. The molecule has 1 heterocycles. The van der Waals surface area contributed by atoms with Crippen LogP contribution in [0.4, 0.5) is 0 Å². The second-order valence-corrected chi connectivity index (χ2v) is 4.61. The summed E-state index contributed by atoms with van der Waals surface area (Å²) < 4.78 is 0. The maximum Gasteiger partial charge on any atom is 0.114 e. The van der Waals surface area contributed by atoms with Gasteiger partial charge in [0.2, 0.25) is 0 Å². The highest BCUT2D eigenvalue weighted by Gasteiger charge is 2.13. The predicted octanol–water partition coefficient (Wildman–Crippen LogP) is 3.01. The second kappa shape index (κ2) is 5.23. The summed E-state index contributed by atoms with van der Waals surface area (Å²) in [6, 6.07) is 8.95. The molecule has 0 bridgehead atoms. The molecular weight excluding hydrogens is 216 g/mol. The summed E-state index contributed by atoms with van der Waals surface area (Å²) in [6.45, 7) is 2.17. The van der Waals surface area contributed by atoms with E-state index in [1.807, 2.05) is 18.6 Å². The van der Waals surface area contributed by atoms with Gasteiger partial charge in [-0.2, -0.15) is 0 Å². The van der Waals surface area contributed by atoms with E-state index in [1.54, 1.807) is 11.3 Å². The van der Waals surface area contributed by atoms with Crippen molar-refractivity contribution in [2.24, 2.45) is 0 Å². The monoisotopic (exact) mass is 232 g/mol. The lowest BCUT2D eigenvalue weighted by atomic mass is 10.0. The SMILES string of the molecule is CCc1ccc(C(NC)c2nccs2)cc1. The number of hydrogen-bond donors (Lipinski definition) is 1. The van der Waals surface area contributed by atoms with Crippen LogP contribution in [0, 0.1) is 0 Å². The topological polar surface area (TPSA) is 24.9 Å². The number of aryl methyl sites for hydroxylation is 1. The van der Waals surface area contributed by atoms with Crippen molar-refractivity contribution in [1.82, 2.24) is 10.3 Å². The Hall–Kier alpha value is -1.19. The van der Waals surface area contributed by atoms with Gasteiger partial charge in [-0.15, -0.1) is 11.3 Å². The Morgan fingerprint density at radius 1 is 1.31 bits per heavy atom. The third-order valence-corrected chi connectivity index (χ3v) is 3.55. The van der Waals surface area contributed by atoms with Crippen molar-refractivity contribution in [3.8, 4) is 0 Å². The molecule has 0 radical (unpaired) electrons. The summed E-state index contributed by atoms with van der Waals surface area (Å²) >= 11 is 1.69. The van der Waals surface area contributed by atoms with Crippen molar-refractivity contribution >= 4 is 11.3 Å². The Balaban J connectivity index is 2.27. The van der Waals surface area contributed by atoms with E-state index in [0.29, 0.717) is 0 Å². The van der Waals surface area contributed by atoms with Crippen molar-refractivity contribution in [2.45, 2.75) is 19.4 Å². The molecule has 1 atom stereocenters. The van der Waals surface area contributed by atoms with Crippen LogP contribution in [-0.4, -0.2) is 12.0 Å². The van der Waals surface area contributed by atoms with E-state index in [0.717, 1.165) is 11.4 Å². The van der Waals surface area contributed by atoms with Crippen LogP contribution in [0.1, 0.15) is 29.1 Å². The first kappa shape index (κ1) is 11.3. The molecule has 1 N–H and O–H groups in total. The van der Waals surface area contributed by atoms with Crippen molar-refractivity contribution in [3.05, 3.63) is 52.0 Å². The van der Waals surface area contributed by atoms with Crippen LogP contribution in [0.3, 0.4) is 0 Å². The molecule has 3 heteroatoms. The van der Waals surface area contributed by atoms with Crippen LogP contribution in [-0.2, 0) is 6.42 Å². The van der Waals surface area contributed by atoms with Gasteiger partial charge in [0, 0.05) is 11.6 Å². The maximum absolute atomic E-state index is 4.36. The molecule has 0 aliphatic rings. The molecule has 84 valence electrons. The quantitative estimate of drug-likeness (QED) is 0.876. The zero-order chi connectivity index (χ0) is 11.4. The fourth-order valence-electron chi connectivity index (χ4n) is 1.76. The first-order chi connectivity index (χ1) is 7.85. The number of rotatable bonds is 4. The number of aromatic nitrogens is 1. The van der Waals surface area contributed by atoms with Crippen molar-refractivity contribution in [2.75, 3.05) is 7.05 Å². The van der Waals surface area contributed by atoms with Crippen LogP contribution < -0.4 is 5.32 Å². The van der Waals surface area contributed by atoms with Crippen LogP contribution in [0.15, 0.2) is 35.8 Å². The normalized spacial score (nSPS) is 12.6. The standard InChI is InChI=1S/C13H16N2S/c1-3-10-4-6-11(7-5-10)12(14-2)13-15-8-9-16-13/h4-9,12,14H,3H2,1-2H3. The van der Waals surface area contributed by atoms with E-state index in [1.165, 1.54) is 11.1 Å². The summed E-state index contributed by atoms with van der Waals surface area (Å²) in [4.78, 5) is 4.36. The molecule has 2 aromatic rings. The second-order valence-electron chi connectivity index (χ2n) is 3.69. The Morgan fingerprint density at radius 2 is 2.06 bits per heavy atom. The molecule has 1 aromatic carbocycles. The molecule has 0 fully saturated rings. The minimum atomic E-state index is 0.214. The van der Waals surface area contributed by atoms with E-state index in [2.05, 4.69) is 41.5 Å². The molecule has 1 unspecified atom stereocenters. The third-order valence-electron chi connectivity index (χ3n) is 2.71. The van der Waals surface area contributed by atoms with Crippen molar-refractivity contribution in [3.63, 3.8) is 0 Å². The molecule has 0 amide bonds. The highest BCUT2D eigenvalue weighted by Crippen LogP contribution is 2.23. The van der Waals surface area contributed by atoms with Crippen molar-refractivity contribution < 1.29 is 0 Å². The van der Waals surface area contributed by atoms with Crippen LogP contribution in [0.5, 0.6) is 0 Å². The maximum atomic E-state index is 4.36. The number of hydrogen-bond acceptors (Lipinski definition) is 3. The van der Waals surface area contributed by atoms with Crippen LogP contribution in [0.2, 0.25) is 0 Å². The lowest BCUT2D eigenvalue weighted by Crippen LogP contribution is -2.17.